The molecule has 2 rings (SSSR count). The largest absolute Gasteiger partial charge is 0.494 e. The summed E-state index contributed by atoms with van der Waals surface area (Å²) in [6, 6.07) is 7.40. The molecule has 0 unspecified atom stereocenters. The number of benzene rings is 1. The summed E-state index contributed by atoms with van der Waals surface area (Å²) in [7, 11) is 4.06. The Hall–Kier alpha value is -2.34. The van der Waals surface area contributed by atoms with E-state index in [-0.39, 0.29) is 24.1 Å². The van der Waals surface area contributed by atoms with Gasteiger partial charge in [0.2, 0.25) is 5.91 Å². The number of hydrogen-bond donors (Lipinski definition) is 2. The van der Waals surface area contributed by atoms with E-state index < -0.39 is 0 Å². The van der Waals surface area contributed by atoms with Gasteiger partial charge in [-0.15, -0.1) is 0 Å². The lowest BCUT2D eigenvalue weighted by atomic mass is 10.1. The van der Waals surface area contributed by atoms with Gasteiger partial charge in [-0.05, 0) is 44.3 Å². The first-order valence-corrected chi connectivity index (χ1v) is 7.22. The minimum absolute atomic E-state index is 0.0237. The fourth-order valence-corrected chi connectivity index (χ4v) is 2.01. The number of carbonyl (C=O) groups is 2. The van der Waals surface area contributed by atoms with Crippen molar-refractivity contribution < 1.29 is 14.3 Å². The van der Waals surface area contributed by atoms with Crippen molar-refractivity contribution >= 4 is 17.9 Å². The van der Waals surface area contributed by atoms with Crippen molar-refractivity contribution in [3.05, 3.63) is 35.5 Å². The molecule has 0 atom stereocenters. The first-order valence-electron chi connectivity index (χ1n) is 7.22. The smallest absolute Gasteiger partial charge is 0.268 e. The summed E-state index contributed by atoms with van der Waals surface area (Å²) in [6.45, 7) is 1.67. The second-order valence-electron chi connectivity index (χ2n) is 5.36. The van der Waals surface area contributed by atoms with Gasteiger partial charge in [0.15, 0.2) is 0 Å². The fraction of sp³-hybridized carbons (Fsp3) is 0.375. The molecule has 1 saturated heterocycles. The van der Waals surface area contributed by atoms with Gasteiger partial charge in [0, 0.05) is 6.54 Å². The van der Waals surface area contributed by atoms with Crippen LogP contribution in [0.15, 0.2) is 30.0 Å². The Labute approximate surface area is 130 Å². The van der Waals surface area contributed by atoms with Crippen molar-refractivity contribution in [1.82, 2.24) is 15.5 Å². The van der Waals surface area contributed by atoms with E-state index in [9.17, 15) is 9.59 Å². The highest BCUT2D eigenvalue weighted by Gasteiger charge is 2.18. The molecule has 1 aliphatic rings. The molecule has 2 amide bonds. The second kappa shape index (κ2) is 7.61. The predicted molar refractivity (Wildman–Crippen MR) is 84.2 cm³/mol. The summed E-state index contributed by atoms with van der Waals surface area (Å²) >= 11 is 0. The van der Waals surface area contributed by atoms with Gasteiger partial charge in [-0.2, -0.15) is 0 Å². The molecule has 0 spiro atoms. The summed E-state index contributed by atoms with van der Waals surface area (Å²) in [4.78, 5) is 25.0. The van der Waals surface area contributed by atoms with Gasteiger partial charge < -0.3 is 20.3 Å². The molecule has 6 heteroatoms. The molecule has 0 bridgehead atoms. The zero-order valence-electron chi connectivity index (χ0n) is 12.9. The molecule has 6 nitrogen and oxygen atoms in total. The molecular formula is C16H21N3O3. The minimum atomic E-state index is -0.274. The van der Waals surface area contributed by atoms with E-state index in [1.165, 1.54) is 0 Å². The van der Waals surface area contributed by atoms with E-state index in [0.717, 1.165) is 24.3 Å². The van der Waals surface area contributed by atoms with Gasteiger partial charge in [-0.1, -0.05) is 12.1 Å². The van der Waals surface area contributed by atoms with Crippen molar-refractivity contribution in [3.63, 3.8) is 0 Å². The number of rotatable bonds is 6. The van der Waals surface area contributed by atoms with Crippen molar-refractivity contribution in [2.75, 3.05) is 33.8 Å². The maximum Gasteiger partial charge on any atom is 0.268 e. The van der Waals surface area contributed by atoms with Crippen molar-refractivity contribution in [2.45, 2.75) is 6.42 Å². The van der Waals surface area contributed by atoms with Crippen LogP contribution in [-0.2, 0) is 9.59 Å². The van der Waals surface area contributed by atoms with E-state index in [4.69, 9.17) is 4.74 Å². The third-order valence-corrected chi connectivity index (χ3v) is 3.14. The first kappa shape index (κ1) is 16.0. The molecule has 1 fully saturated rings. The quantitative estimate of drug-likeness (QED) is 0.596. The molecular weight excluding hydrogens is 282 g/mol. The molecule has 1 aromatic carbocycles. The summed E-state index contributed by atoms with van der Waals surface area (Å²) in [6.07, 6.45) is 2.60. The van der Waals surface area contributed by atoms with Crippen LogP contribution in [0, 0.1) is 0 Å². The highest BCUT2D eigenvalue weighted by molar-refractivity contribution is 6.05. The van der Waals surface area contributed by atoms with E-state index in [1.807, 2.05) is 38.4 Å². The van der Waals surface area contributed by atoms with Crippen LogP contribution in [0.3, 0.4) is 0 Å². The molecule has 0 aromatic heterocycles. The van der Waals surface area contributed by atoms with E-state index >= 15 is 0 Å². The van der Waals surface area contributed by atoms with Gasteiger partial charge in [0.25, 0.3) is 5.91 Å². The highest BCUT2D eigenvalue weighted by atomic mass is 16.5. The number of nitrogens with one attached hydrogen (secondary N) is 2. The maximum atomic E-state index is 11.6. The molecule has 1 aromatic rings. The zero-order chi connectivity index (χ0) is 15.9. The lowest BCUT2D eigenvalue weighted by Crippen LogP contribution is -2.46. The number of ether oxygens (including phenoxy) is 1. The van der Waals surface area contributed by atoms with Crippen molar-refractivity contribution in [3.8, 4) is 5.75 Å². The normalized spacial score (nSPS) is 16.6. The number of hydrogen-bond acceptors (Lipinski definition) is 4. The summed E-state index contributed by atoms with van der Waals surface area (Å²) in [5.74, 6) is 0.299. The van der Waals surface area contributed by atoms with E-state index in [2.05, 4.69) is 15.5 Å². The Morgan fingerprint density at radius 3 is 2.64 bits per heavy atom. The number of carbonyl (C=O) groups excluding carboxylic acids is 2. The molecule has 1 heterocycles. The number of nitrogens with zero attached hydrogens (tertiary/aromatic N) is 1. The van der Waals surface area contributed by atoms with Crippen LogP contribution in [0.5, 0.6) is 5.75 Å². The predicted octanol–water partition coefficient (Wildman–Crippen LogP) is 0.604. The topological polar surface area (TPSA) is 70.7 Å². The van der Waals surface area contributed by atoms with Crippen LogP contribution in [0.25, 0.3) is 6.08 Å². The molecule has 22 heavy (non-hydrogen) atoms. The van der Waals surface area contributed by atoms with Gasteiger partial charge in [0.05, 0.1) is 13.2 Å². The van der Waals surface area contributed by atoms with Crippen LogP contribution in [0.1, 0.15) is 12.0 Å². The van der Waals surface area contributed by atoms with Crippen LogP contribution in [0.2, 0.25) is 0 Å². The Bertz CT molecular complexity index is 565. The second-order valence-corrected chi connectivity index (χ2v) is 5.36. The van der Waals surface area contributed by atoms with E-state index in [1.54, 1.807) is 6.08 Å². The van der Waals surface area contributed by atoms with Crippen molar-refractivity contribution in [1.29, 1.82) is 0 Å². The Balaban J connectivity index is 1.91. The summed E-state index contributed by atoms with van der Waals surface area (Å²) in [5.41, 5.74) is 1.09. The Kier molecular flexibility index (Phi) is 5.55. The molecule has 1 aliphatic heterocycles. The van der Waals surface area contributed by atoms with Crippen LogP contribution in [-0.4, -0.2) is 50.5 Å². The lowest BCUT2D eigenvalue weighted by molar-refractivity contribution is -0.127. The average molecular weight is 303 g/mol. The number of piperazine rings is 1. The maximum absolute atomic E-state index is 11.6. The van der Waals surface area contributed by atoms with Gasteiger partial charge in [0.1, 0.15) is 11.4 Å². The zero-order valence-corrected chi connectivity index (χ0v) is 12.9. The molecule has 118 valence electrons. The standard InChI is InChI=1S/C16H21N3O3/c1-19(2)8-3-9-22-13-6-4-12(5-7-13)10-14-16(21)17-11-15(20)18-14/h4-7,10H,3,8-9,11H2,1-2H3,(H,17,21)(H,18,20). The third-order valence-electron chi connectivity index (χ3n) is 3.14. The monoisotopic (exact) mass is 303 g/mol. The highest BCUT2D eigenvalue weighted by Crippen LogP contribution is 2.15. The van der Waals surface area contributed by atoms with Gasteiger partial charge in [-0.3, -0.25) is 9.59 Å². The lowest BCUT2D eigenvalue weighted by Gasteiger charge is -2.16. The first-order chi connectivity index (χ1) is 10.5. The van der Waals surface area contributed by atoms with Crippen LogP contribution < -0.4 is 15.4 Å². The molecule has 0 aliphatic carbocycles. The average Bonchev–Trinajstić information content (AvgIpc) is 2.49. The molecule has 0 saturated carbocycles. The molecule has 2 N–H and O–H groups in total. The fourth-order valence-electron chi connectivity index (χ4n) is 2.01. The van der Waals surface area contributed by atoms with E-state index in [0.29, 0.717) is 6.61 Å². The van der Waals surface area contributed by atoms with Gasteiger partial charge >= 0.3 is 0 Å². The summed E-state index contributed by atoms with van der Waals surface area (Å²) < 4.78 is 5.64. The summed E-state index contributed by atoms with van der Waals surface area (Å²) in [5, 5.41) is 5.06. The van der Waals surface area contributed by atoms with Crippen molar-refractivity contribution in [2.24, 2.45) is 0 Å². The molecule has 0 radical (unpaired) electrons. The Morgan fingerprint density at radius 2 is 1.95 bits per heavy atom. The van der Waals surface area contributed by atoms with Gasteiger partial charge in [-0.25, -0.2) is 0 Å². The number of amides is 2. The minimum Gasteiger partial charge on any atom is -0.494 e. The SMILES string of the molecule is CN(C)CCCOc1ccc(C=C2NC(=O)CNC2=O)cc1. The third kappa shape index (κ3) is 4.89. The van der Waals surface area contributed by atoms with Crippen LogP contribution in [0.4, 0.5) is 0 Å². The Morgan fingerprint density at radius 1 is 1.23 bits per heavy atom. The van der Waals surface area contributed by atoms with Crippen LogP contribution >= 0.6 is 0 Å².